The lowest BCUT2D eigenvalue weighted by Gasteiger charge is -2.06. The van der Waals surface area contributed by atoms with Crippen LogP contribution in [0, 0.1) is 0 Å². The molecule has 0 saturated carbocycles. The van der Waals surface area contributed by atoms with Crippen LogP contribution in [0.2, 0.25) is 10.0 Å². The molecule has 1 aromatic rings. The Kier molecular flexibility index (Phi) is 3.78. The van der Waals surface area contributed by atoms with Gasteiger partial charge < -0.3 is 4.84 Å². The van der Waals surface area contributed by atoms with E-state index in [1.807, 2.05) is 0 Å². The predicted octanol–water partition coefficient (Wildman–Crippen LogP) is 3.22. The number of halogens is 2. The molecule has 1 rings (SSSR count). The van der Waals surface area contributed by atoms with Crippen molar-refractivity contribution >= 4 is 40.4 Å². The van der Waals surface area contributed by atoms with Crippen LogP contribution in [0.1, 0.15) is 6.92 Å². The molecular weight excluding hydrogens is 229 g/mol. The molecule has 1 N–H and O–H groups in total. The lowest BCUT2D eigenvalue weighted by molar-refractivity contribution is 0.264. The van der Waals surface area contributed by atoms with Gasteiger partial charge in [-0.2, -0.15) is 0 Å². The van der Waals surface area contributed by atoms with Gasteiger partial charge in [-0.05, 0) is 13.0 Å². The molecule has 0 aliphatic heterocycles. The normalized spacial score (nSPS) is 9.46. The van der Waals surface area contributed by atoms with Gasteiger partial charge in [-0.15, -0.1) is 0 Å². The zero-order valence-corrected chi connectivity index (χ0v) is 9.13. The fourth-order valence-corrected chi connectivity index (χ4v) is 1.27. The monoisotopic (exact) mass is 235 g/mol. The minimum atomic E-state index is 0.520. The molecule has 0 aliphatic rings. The number of hydrogen-bond acceptors (Lipinski definition) is 2. The Morgan fingerprint density at radius 1 is 1.31 bits per heavy atom. The molecule has 13 heavy (non-hydrogen) atoms. The summed E-state index contributed by atoms with van der Waals surface area (Å²) in [7, 11) is 0. The van der Waals surface area contributed by atoms with Gasteiger partial charge in [-0.1, -0.05) is 35.4 Å². The van der Waals surface area contributed by atoms with Crippen LogP contribution in [-0.4, -0.2) is 4.99 Å². The van der Waals surface area contributed by atoms with E-state index in [9.17, 15) is 0 Å². The first kappa shape index (κ1) is 10.6. The zero-order chi connectivity index (χ0) is 9.84. The van der Waals surface area contributed by atoms with E-state index in [2.05, 4.69) is 5.48 Å². The second-order valence-corrected chi connectivity index (χ2v) is 3.85. The van der Waals surface area contributed by atoms with Gasteiger partial charge in [0.15, 0.2) is 5.75 Å². The number of nitrogens with one attached hydrogen (secondary N) is 1. The summed E-state index contributed by atoms with van der Waals surface area (Å²) in [6.07, 6.45) is 0. The maximum atomic E-state index is 5.74. The number of rotatable bonds is 2. The lowest BCUT2D eigenvalue weighted by atomic mass is 10.3. The van der Waals surface area contributed by atoms with Crippen LogP contribution >= 0.6 is 35.4 Å². The summed E-state index contributed by atoms with van der Waals surface area (Å²) >= 11 is 16.2. The van der Waals surface area contributed by atoms with Crippen LogP contribution in [0.3, 0.4) is 0 Å². The molecule has 0 atom stereocenters. The van der Waals surface area contributed by atoms with Crippen molar-refractivity contribution in [3.8, 4) is 5.75 Å². The van der Waals surface area contributed by atoms with E-state index < -0.39 is 0 Å². The second-order valence-electron chi connectivity index (χ2n) is 2.37. The summed E-state index contributed by atoms with van der Waals surface area (Å²) in [5.41, 5.74) is 2.53. The second kappa shape index (κ2) is 4.65. The molecule has 0 radical (unpaired) electrons. The summed E-state index contributed by atoms with van der Waals surface area (Å²) in [5.74, 6) is 0.529. The third-order valence-corrected chi connectivity index (χ3v) is 1.67. The molecule has 0 aliphatic carbocycles. The van der Waals surface area contributed by atoms with Gasteiger partial charge in [0.2, 0.25) is 0 Å². The highest BCUT2D eigenvalue weighted by Crippen LogP contribution is 2.23. The molecule has 2 nitrogen and oxygen atoms in total. The number of benzene rings is 1. The maximum Gasteiger partial charge on any atom is 0.158 e. The molecule has 0 aromatic heterocycles. The first-order valence-corrected chi connectivity index (χ1v) is 4.64. The largest absolute Gasteiger partial charge is 0.382 e. The van der Waals surface area contributed by atoms with Crippen molar-refractivity contribution in [3.05, 3.63) is 28.2 Å². The maximum absolute atomic E-state index is 5.74. The molecule has 0 bridgehead atoms. The Bertz CT molecular complexity index is 310. The van der Waals surface area contributed by atoms with Crippen molar-refractivity contribution in [2.75, 3.05) is 0 Å². The number of hydrogen-bond donors (Lipinski definition) is 1. The Morgan fingerprint density at radius 2 is 1.85 bits per heavy atom. The van der Waals surface area contributed by atoms with Crippen molar-refractivity contribution in [2.24, 2.45) is 0 Å². The van der Waals surface area contributed by atoms with Crippen LogP contribution < -0.4 is 10.3 Å². The standard InChI is InChI=1S/C8H7Cl2NOS/c1-5(13)11-12-8-3-6(9)2-7(10)4-8/h2-4H,1H3,(H,11,13). The van der Waals surface area contributed by atoms with E-state index in [0.29, 0.717) is 20.8 Å². The van der Waals surface area contributed by atoms with Crippen LogP contribution in [0.25, 0.3) is 0 Å². The minimum absolute atomic E-state index is 0.520. The van der Waals surface area contributed by atoms with Crippen LogP contribution in [0.5, 0.6) is 5.75 Å². The Morgan fingerprint density at radius 3 is 2.31 bits per heavy atom. The highest BCUT2D eigenvalue weighted by molar-refractivity contribution is 7.80. The quantitative estimate of drug-likeness (QED) is 0.629. The van der Waals surface area contributed by atoms with E-state index in [1.54, 1.807) is 25.1 Å². The topological polar surface area (TPSA) is 21.3 Å². The first-order chi connectivity index (χ1) is 6.08. The molecule has 1 aromatic carbocycles. The van der Waals surface area contributed by atoms with Crippen molar-refractivity contribution in [3.63, 3.8) is 0 Å². The van der Waals surface area contributed by atoms with Crippen LogP contribution in [0.4, 0.5) is 0 Å². The van der Waals surface area contributed by atoms with E-state index >= 15 is 0 Å². The number of hydroxylamine groups is 1. The Hall–Kier alpha value is -0.510. The smallest absolute Gasteiger partial charge is 0.158 e. The molecule has 0 amide bonds. The highest BCUT2D eigenvalue weighted by atomic mass is 35.5. The van der Waals surface area contributed by atoms with Gasteiger partial charge in [0.25, 0.3) is 0 Å². The fourth-order valence-electron chi connectivity index (χ4n) is 0.718. The van der Waals surface area contributed by atoms with Gasteiger partial charge in [0, 0.05) is 22.2 Å². The average Bonchev–Trinajstić information content (AvgIpc) is 1.99. The average molecular weight is 236 g/mol. The fraction of sp³-hybridized carbons (Fsp3) is 0.125. The van der Waals surface area contributed by atoms with Gasteiger partial charge in [0.05, 0.1) is 0 Å². The molecule has 70 valence electrons. The van der Waals surface area contributed by atoms with Gasteiger partial charge in [0.1, 0.15) is 4.99 Å². The summed E-state index contributed by atoms with van der Waals surface area (Å²) in [4.78, 5) is 5.61. The first-order valence-electron chi connectivity index (χ1n) is 3.47. The van der Waals surface area contributed by atoms with Crippen molar-refractivity contribution in [1.29, 1.82) is 0 Å². The number of thiocarbonyl (C=S) groups is 1. The van der Waals surface area contributed by atoms with E-state index in [1.165, 1.54) is 0 Å². The summed E-state index contributed by atoms with van der Waals surface area (Å²) in [5, 5.41) is 1.04. The summed E-state index contributed by atoms with van der Waals surface area (Å²) < 4.78 is 0. The van der Waals surface area contributed by atoms with Crippen LogP contribution in [-0.2, 0) is 0 Å². The van der Waals surface area contributed by atoms with Gasteiger partial charge in [-0.3, -0.25) is 0 Å². The molecule has 0 heterocycles. The Labute approximate surface area is 91.7 Å². The van der Waals surface area contributed by atoms with Crippen molar-refractivity contribution in [2.45, 2.75) is 6.92 Å². The van der Waals surface area contributed by atoms with Crippen molar-refractivity contribution in [1.82, 2.24) is 5.48 Å². The van der Waals surface area contributed by atoms with Crippen LogP contribution in [0.15, 0.2) is 18.2 Å². The predicted molar refractivity (Wildman–Crippen MR) is 58.5 cm³/mol. The third kappa shape index (κ3) is 3.81. The van der Waals surface area contributed by atoms with E-state index in [-0.39, 0.29) is 0 Å². The van der Waals surface area contributed by atoms with Crippen molar-refractivity contribution < 1.29 is 4.84 Å². The molecule has 0 saturated heterocycles. The summed E-state index contributed by atoms with van der Waals surface area (Å²) in [6.45, 7) is 1.71. The molecular formula is C8H7Cl2NOS. The van der Waals surface area contributed by atoms with Gasteiger partial charge >= 0.3 is 0 Å². The molecule has 0 unspecified atom stereocenters. The highest BCUT2D eigenvalue weighted by Gasteiger charge is 1.98. The lowest BCUT2D eigenvalue weighted by Crippen LogP contribution is -2.22. The Balaban J connectivity index is 2.71. The van der Waals surface area contributed by atoms with Gasteiger partial charge in [-0.25, -0.2) is 5.48 Å². The zero-order valence-electron chi connectivity index (χ0n) is 6.80. The molecule has 5 heteroatoms. The minimum Gasteiger partial charge on any atom is -0.382 e. The van der Waals surface area contributed by atoms with E-state index in [4.69, 9.17) is 40.3 Å². The molecule has 0 fully saturated rings. The summed E-state index contributed by atoms with van der Waals surface area (Å²) in [6, 6.07) is 4.90. The SMILES string of the molecule is CC(=S)NOc1cc(Cl)cc(Cl)c1. The third-order valence-electron chi connectivity index (χ3n) is 1.15. The molecule has 0 spiro atoms. The van der Waals surface area contributed by atoms with E-state index in [0.717, 1.165) is 0 Å².